The number of benzene rings is 1. The lowest BCUT2D eigenvalue weighted by Crippen LogP contribution is -2.26. The summed E-state index contributed by atoms with van der Waals surface area (Å²) < 4.78 is 38.5. The van der Waals surface area contributed by atoms with Gasteiger partial charge in [0.05, 0.1) is 5.56 Å². The molecule has 2 nitrogen and oxygen atoms in total. The number of hydrogen-bond acceptors (Lipinski definition) is 1. The van der Waals surface area contributed by atoms with Crippen LogP contribution in [0.3, 0.4) is 0 Å². The fourth-order valence-electron chi connectivity index (χ4n) is 2.28. The molecule has 0 saturated carbocycles. The van der Waals surface area contributed by atoms with Gasteiger partial charge in [-0.05, 0) is 24.6 Å². The van der Waals surface area contributed by atoms with Crippen LogP contribution in [0.25, 0.3) is 0 Å². The van der Waals surface area contributed by atoms with Crippen molar-refractivity contribution in [1.29, 1.82) is 0 Å². The number of amides is 1. The van der Waals surface area contributed by atoms with Crippen LogP contribution < -0.4 is 4.90 Å². The van der Waals surface area contributed by atoms with Crippen molar-refractivity contribution >= 4 is 11.6 Å². The van der Waals surface area contributed by atoms with Gasteiger partial charge in [0.25, 0.3) is 0 Å². The third kappa shape index (κ3) is 2.43. The Morgan fingerprint density at radius 3 is 2.63 bits per heavy atom. The van der Waals surface area contributed by atoms with Crippen molar-refractivity contribution in [1.82, 2.24) is 0 Å². The average molecular weight is 267 g/mol. The van der Waals surface area contributed by atoms with Crippen molar-refractivity contribution in [3.63, 3.8) is 0 Å². The van der Waals surface area contributed by atoms with Gasteiger partial charge in [-0.15, -0.1) is 12.3 Å². The molecule has 0 radical (unpaired) electrons. The van der Waals surface area contributed by atoms with Crippen molar-refractivity contribution in [2.45, 2.75) is 19.5 Å². The van der Waals surface area contributed by atoms with E-state index in [0.29, 0.717) is 0 Å². The van der Waals surface area contributed by atoms with E-state index in [1.165, 1.54) is 24.0 Å². The molecule has 1 atom stereocenters. The molecule has 5 heteroatoms. The van der Waals surface area contributed by atoms with Gasteiger partial charge in [-0.3, -0.25) is 4.79 Å². The van der Waals surface area contributed by atoms with E-state index in [4.69, 9.17) is 6.42 Å². The topological polar surface area (TPSA) is 20.3 Å². The molecule has 1 aliphatic heterocycles. The SMILES string of the molecule is C#CC1CC(=O)N(c2cccc(C(F)(F)F)c2C)C1. The standard InChI is InChI=1S/C14H12F3NO/c1-3-10-7-13(19)18(8-10)12-6-4-5-11(9(12)2)14(15,16)17/h1,4-6,10H,7-8H2,2H3. The Labute approximate surface area is 109 Å². The molecule has 1 aliphatic rings. The van der Waals surface area contributed by atoms with Crippen LogP contribution in [-0.2, 0) is 11.0 Å². The summed E-state index contributed by atoms with van der Waals surface area (Å²) in [5, 5.41) is 0. The number of rotatable bonds is 1. The van der Waals surface area contributed by atoms with E-state index in [1.54, 1.807) is 0 Å². The van der Waals surface area contributed by atoms with E-state index >= 15 is 0 Å². The molecule has 1 amide bonds. The molecule has 0 spiro atoms. The third-order valence-electron chi connectivity index (χ3n) is 3.26. The lowest BCUT2D eigenvalue weighted by molar-refractivity contribution is -0.138. The van der Waals surface area contributed by atoms with E-state index in [9.17, 15) is 18.0 Å². The fourth-order valence-corrected chi connectivity index (χ4v) is 2.28. The van der Waals surface area contributed by atoms with Gasteiger partial charge in [0.15, 0.2) is 0 Å². The lowest BCUT2D eigenvalue weighted by atomic mass is 10.1. The fraction of sp³-hybridized carbons (Fsp3) is 0.357. The summed E-state index contributed by atoms with van der Waals surface area (Å²) in [5.41, 5.74) is -0.374. The highest BCUT2D eigenvalue weighted by Crippen LogP contribution is 2.37. The second-order valence-corrected chi connectivity index (χ2v) is 4.52. The lowest BCUT2D eigenvalue weighted by Gasteiger charge is -2.21. The zero-order valence-electron chi connectivity index (χ0n) is 10.3. The summed E-state index contributed by atoms with van der Waals surface area (Å²) in [6, 6.07) is 3.83. The molecule has 0 bridgehead atoms. The smallest absolute Gasteiger partial charge is 0.311 e. The third-order valence-corrected chi connectivity index (χ3v) is 3.26. The maximum atomic E-state index is 12.8. The maximum Gasteiger partial charge on any atom is 0.416 e. The summed E-state index contributed by atoms with van der Waals surface area (Å²) in [5.74, 6) is 2.01. The number of carbonyl (C=O) groups is 1. The summed E-state index contributed by atoms with van der Waals surface area (Å²) in [6.07, 6.45) is 1.03. The molecule has 0 N–H and O–H groups in total. The zero-order chi connectivity index (χ0) is 14.2. The first-order valence-corrected chi connectivity index (χ1v) is 5.78. The Balaban J connectivity index is 2.43. The molecule has 1 saturated heterocycles. The van der Waals surface area contributed by atoms with Crippen molar-refractivity contribution in [3.05, 3.63) is 29.3 Å². The summed E-state index contributed by atoms with van der Waals surface area (Å²) >= 11 is 0. The highest BCUT2D eigenvalue weighted by molar-refractivity contribution is 5.97. The molecule has 1 aromatic carbocycles. The maximum absolute atomic E-state index is 12.8. The Kier molecular flexibility index (Phi) is 3.27. The van der Waals surface area contributed by atoms with Crippen molar-refractivity contribution in [2.24, 2.45) is 5.92 Å². The molecule has 1 heterocycles. The second-order valence-electron chi connectivity index (χ2n) is 4.52. The first-order valence-electron chi connectivity index (χ1n) is 5.78. The molecule has 19 heavy (non-hydrogen) atoms. The number of halogens is 3. The molecule has 2 rings (SSSR count). The van der Waals surface area contributed by atoms with Gasteiger partial charge in [-0.1, -0.05) is 6.07 Å². The number of terminal acetylenes is 1. The van der Waals surface area contributed by atoms with Crippen molar-refractivity contribution in [3.8, 4) is 12.3 Å². The van der Waals surface area contributed by atoms with Gasteiger partial charge >= 0.3 is 6.18 Å². The van der Waals surface area contributed by atoms with Gasteiger partial charge in [-0.25, -0.2) is 0 Å². The molecule has 1 fully saturated rings. The highest BCUT2D eigenvalue weighted by atomic mass is 19.4. The number of carbonyl (C=O) groups excluding carboxylic acids is 1. The van der Waals surface area contributed by atoms with Crippen LogP contribution >= 0.6 is 0 Å². The first kappa shape index (κ1) is 13.5. The van der Waals surface area contributed by atoms with Crippen molar-refractivity contribution in [2.75, 3.05) is 11.4 Å². The predicted octanol–water partition coefficient (Wildman–Crippen LogP) is 3.00. The minimum atomic E-state index is -4.42. The van der Waals surface area contributed by atoms with E-state index < -0.39 is 11.7 Å². The van der Waals surface area contributed by atoms with E-state index in [0.717, 1.165) is 6.07 Å². The van der Waals surface area contributed by atoms with Crippen LogP contribution in [0.5, 0.6) is 0 Å². The second kappa shape index (κ2) is 4.61. The molecular weight excluding hydrogens is 255 g/mol. The predicted molar refractivity (Wildman–Crippen MR) is 65.5 cm³/mol. The monoisotopic (exact) mass is 267 g/mol. The summed E-state index contributed by atoms with van der Waals surface area (Å²) in [7, 11) is 0. The quantitative estimate of drug-likeness (QED) is 0.716. The minimum Gasteiger partial charge on any atom is -0.311 e. The molecule has 100 valence electrons. The van der Waals surface area contributed by atoms with Crippen LogP contribution in [0, 0.1) is 25.2 Å². The van der Waals surface area contributed by atoms with Gasteiger partial charge in [-0.2, -0.15) is 13.2 Å². The van der Waals surface area contributed by atoms with E-state index in [-0.39, 0.29) is 36.0 Å². The highest BCUT2D eigenvalue weighted by Gasteiger charge is 2.36. The van der Waals surface area contributed by atoms with Crippen LogP contribution in [-0.4, -0.2) is 12.5 Å². The molecule has 0 aromatic heterocycles. The van der Waals surface area contributed by atoms with Gasteiger partial charge < -0.3 is 4.90 Å². The first-order chi connectivity index (χ1) is 8.84. The largest absolute Gasteiger partial charge is 0.416 e. The molecule has 1 aromatic rings. The van der Waals surface area contributed by atoms with Crippen LogP contribution in [0.15, 0.2) is 18.2 Å². The molecule has 1 unspecified atom stereocenters. The minimum absolute atomic E-state index is 0.0565. The number of hydrogen-bond donors (Lipinski definition) is 0. The van der Waals surface area contributed by atoms with Gasteiger partial charge in [0.2, 0.25) is 5.91 Å². The summed E-state index contributed by atoms with van der Waals surface area (Å²) in [4.78, 5) is 13.1. The summed E-state index contributed by atoms with van der Waals surface area (Å²) in [6.45, 7) is 1.64. The average Bonchev–Trinajstić information content (AvgIpc) is 2.69. The van der Waals surface area contributed by atoms with Crippen LogP contribution in [0.2, 0.25) is 0 Å². The number of nitrogens with zero attached hydrogens (tertiary/aromatic N) is 1. The number of anilines is 1. The van der Waals surface area contributed by atoms with Crippen LogP contribution in [0.1, 0.15) is 17.5 Å². The number of alkyl halides is 3. The van der Waals surface area contributed by atoms with E-state index in [1.807, 2.05) is 0 Å². The van der Waals surface area contributed by atoms with Gasteiger partial charge in [0.1, 0.15) is 0 Å². The normalized spacial score (nSPS) is 19.6. The molecular formula is C14H12F3NO. The Morgan fingerprint density at radius 1 is 1.42 bits per heavy atom. The van der Waals surface area contributed by atoms with Crippen molar-refractivity contribution < 1.29 is 18.0 Å². The van der Waals surface area contributed by atoms with Gasteiger partial charge in [0, 0.05) is 24.6 Å². The Bertz CT molecular complexity index is 557. The Morgan fingerprint density at radius 2 is 2.11 bits per heavy atom. The Hall–Kier alpha value is -1.96. The molecule has 0 aliphatic carbocycles. The van der Waals surface area contributed by atoms with Crippen LogP contribution in [0.4, 0.5) is 18.9 Å². The zero-order valence-corrected chi connectivity index (χ0v) is 10.3. The van der Waals surface area contributed by atoms with E-state index in [2.05, 4.69) is 5.92 Å².